The fourth-order valence-corrected chi connectivity index (χ4v) is 1.25. The zero-order chi connectivity index (χ0) is 7.40. The van der Waals surface area contributed by atoms with Gasteiger partial charge in [0.2, 0.25) is 0 Å². The van der Waals surface area contributed by atoms with Crippen molar-refractivity contribution < 1.29 is 5.11 Å². The van der Waals surface area contributed by atoms with Crippen LogP contribution in [0.3, 0.4) is 0 Å². The van der Waals surface area contributed by atoms with Gasteiger partial charge in [0.1, 0.15) is 6.17 Å². The Bertz CT molecular complexity index is 138. The first-order valence-electron chi connectivity index (χ1n) is 3.43. The van der Waals surface area contributed by atoms with Gasteiger partial charge in [-0.3, -0.25) is 4.99 Å². The number of hydrogen-bond donors (Lipinski definition) is 3. The first-order chi connectivity index (χ1) is 4.86. The molecule has 0 aromatic rings. The normalized spacial score (nSPS) is 26.2. The van der Waals surface area contributed by atoms with E-state index in [4.69, 9.17) is 5.11 Å². The predicted molar refractivity (Wildman–Crippen MR) is 44.3 cm³/mol. The van der Waals surface area contributed by atoms with Gasteiger partial charge in [-0.25, -0.2) is 4.72 Å². The number of nitrogens with one attached hydrogen (secondary N) is 1. The van der Waals surface area contributed by atoms with Gasteiger partial charge in [-0.2, -0.15) is 0 Å². The van der Waals surface area contributed by atoms with Gasteiger partial charge in [-0.1, -0.05) is 12.8 Å². The molecule has 1 aliphatic rings. The first kappa shape index (κ1) is 8.04. The minimum absolute atomic E-state index is 0.0892. The van der Waals surface area contributed by atoms with E-state index in [0.29, 0.717) is 0 Å². The monoisotopic (exact) mass is 160 g/mol. The van der Waals surface area contributed by atoms with Crippen molar-refractivity contribution in [3.05, 3.63) is 0 Å². The number of thiol groups is 1. The van der Waals surface area contributed by atoms with E-state index in [1.807, 2.05) is 0 Å². The topological polar surface area (TPSA) is 44.6 Å². The van der Waals surface area contributed by atoms with Gasteiger partial charge in [-0.15, -0.1) is 0 Å². The highest BCUT2D eigenvalue weighted by atomic mass is 32.1. The number of aliphatic hydroxyl groups excluding tert-OH is 1. The van der Waals surface area contributed by atoms with Crippen molar-refractivity contribution in [2.45, 2.75) is 25.4 Å². The van der Waals surface area contributed by atoms with Crippen LogP contribution in [-0.4, -0.2) is 23.6 Å². The Morgan fingerprint density at radius 2 is 2.60 bits per heavy atom. The maximum absolute atomic E-state index is 8.72. The fourth-order valence-electron chi connectivity index (χ4n) is 1.06. The summed E-state index contributed by atoms with van der Waals surface area (Å²) in [5.74, 6) is 0. The van der Waals surface area contributed by atoms with E-state index >= 15 is 0 Å². The fraction of sp³-hybridized carbons (Fsp3) is 0.833. The molecule has 0 saturated heterocycles. The van der Waals surface area contributed by atoms with Crippen molar-refractivity contribution in [3.8, 4) is 0 Å². The summed E-state index contributed by atoms with van der Waals surface area (Å²) in [5.41, 5.74) is 0.887. The van der Waals surface area contributed by atoms with E-state index in [1.54, 1.807) is 0 Å². The second kappa shape index (κ2) is 3.95. The van der Waals surface area contributed by atoms with Crippen molar-refractivity contribution in [1.29, 1.82) is 0 Å². The molecule has 0 spiro atoms. The Labute approximate surface area is 66.1 Å². The van der Waals surface area contributed by atoms with Crippen molar-refractivity contribution in [2.75, 3.05) is 6.61 Å². The standard InChI is InChI=1S/C6H12N2OS/c9-4-5-2-1-3-6(7-5)8-10/h6,8-10H,1-4H2. The molecule has 1 unspecified atom stereocenters. The van der Waals surface area contributed by atoms with E-state index in [9.17, 15) is 0 Å². The maximum atomic E-state index is 8.72. The second-order valence-corrected chi connectivity index (χ2v) is 2.65. The molecular formula is C6H12N2OS. The summed E-state index contributed by atoms with van der Waals surface area (Å²) in [5, 5.41) is 8.72. The Hall–Kier alpha value is -0.0600. The van der Waals surface area contributed by atoms with Gasteiger partial charge in [0, 0.05) is 5.71 Å². The van der Waals surface area contributed by atoms with Crippen LogP contribution in [0.1, 0.15) is 19.3 Å². The number of aliphatic imine (C=N–C) groups is 1. The average Bonchev–Trinajstić information content (AvgIpc) is 2.05. The molecule has 0 fully saturated rings. The van der Waals surface area contributed by atoms with Crippen LogP contribution in [0.15, 0.2) is 4.99 Å². The van der Waals surface area contributed by atoms with Crippen LogP contribution >= 0.6 is 12.8 Å². The van der Waals surface area contributed by atoms with Crippen LogP contribution < -0.4 is 4.72 Å². The largest absolute Gasteiger partial charge is 0.390 e. The van der Waals surface area contributed by atoms with Crippen LogP contribution in [0.4, 0.5) is 0 Å². The Balaban J connectivity index is 2.48. The van der Waals surface area contributed by atoms with E-state index in [-0.39, 0.29) is 12.8 Å². The van der Waals surface area contributed by atoms with Crippen molar-refractivity contribution >= 4 is 18.5 Å². The summed E-state index contributed by atoms with van der Waals surface area (Å²) >= 11 is 3.90. The lowest BCUT2D eigenvalue weighted by atomic mass is 10.1. The zero-order valence-electron chi connectivity index (χ0n) is 5.75. The Kier molecular flexibility index (Phi) is 3.18. The van der Waals surface area contributed by atoms with Crippen molar-refractivity contribution in [1.82, 2.24) is 4.72 Å². The molecule has 3 nitrogen and oxygen atoms in total. The number of aliphatic hydroxyl groups is 1. The van der Waals surface area contributed by atoms with Gasteiger partial charge in [0.15, 0.2) is 0 Å². The van der Waals surface area contributed by atoms with Crippen LogP contribution in [0.2, 0.25) is 0 Å². The molecule has 0 radical (unpaired) electrons. The number of rotatable bonds is 2. The van der Waals surface area contributed by atoms with Gasteiger partial charge in [-0.05, 0) is 19.3 Å². The average molecular weight is 160 g/mol. The van der Waals surface area contributed by atoms with Gasteiger partial charge < -0.3 is 5.11 Å². The predicted octanol–water partition coefficient (Wildman–Crippen LogP) is 0.364. The molecule has 1 atom stereocenters. The Morgan fingerprint density at radius 3 is 3.20 bits per heavy atom. The number of nitrogens with zero attached hydrogens (tertiary/aromatic N) is 1. The van der Waals surface area contributed by atoms with E-state index in [2.05, 4.69) is 22.5 Å². The molecule has 1 aliphatic heterocycles. The van der Waals surface area contributed by atoms with Crippen LogP contribution in [0.25, 0.3) is 0 Å². The molecule has 1 heterocycles. The smallest absolute Gasteiger partial charge is 0.108 e. The van der Waals surface area contributed by atoms with Gasteiger partial charge in [0.05, 0.1) is 6.61 Å². The summed E-state index contributed by atoms with van der Waals surface area (Å²) in [6, 6.07) is 0. The second-order valence-electron chi connectivity index (χ2n) is 2.39. The lowest BCUT2D eigenvalue weighted by molar-refractivity contribution is 0.349. The van der Waals surface area contributed by atoms with Crippen LogP contribution in [0.5, 0.6) is 0 Å². The third-order valence-electron chi connectivity index (χ3n) is 1.61. The quantitative estimate of drug-likeness (QED) is 0.511. The number of hydrogen-bond acceptors (Lipinski definition) is 4. The molecule has 0 aromatic carbocycles. The molecule has 0 aromatic heterocycles. The minimum atomic E-state index is 0.0892. The van der Waals surface area contributed by atoms with Gasteiger partial charge >= 0.3 is 0 Å². The van der Waals surface area contributed by atoms with Crippen LogP contribution in [0, 0.1) is 0 Å². The first-order valence-corrected chi connectivity index (χ1v) is 3.87. The van der Waals surface area contributed by atoms with E-state index in [1.165, 1.54) is 0 Å². The maximum Gasteiger partial charge on any atom is 0.108 e. The highest BCUT2D eigenvalue weighted by Crippen LogP contribution is 2.11. The molecule has 1 rings (SSSR count). The molecule has 58 valence electrons. The zero-order valence-corrected chi connectivity index (χ0v) is 6.64. The molecular weight excluding hydrogens is 148 g/mol. The molecule has 0 saturated carbocycles. The summed E-state index contributed by atoms with van der Waals surface area (Å²) in [7, 11) is 0. The van der Waals surface area contributed by atoms with E-state index < -0.39 is 0 Å². The molecule has 0 bridgehead atoms. The van der Waals surface area contributed by atoms with Crippen molar-refractivity contribution in [3.63, 3.8) is 0 Å². The highest BCUT2D eigenvalue weighted by molar-refractivity contribution is 7.78. The minimum Gasteiger partial charge on any atom is -0.390 e. The summed E-state index contributed by atoms with van der Waals surface area (Å²) in [6.07, 6.45) is 3.16. The summed E-state index contributed by atoms with van der Waals surface area (Å²) in [4.78, 5) is 4.20. The lowest BCUT2D eigenvalue weighted by Gasteiger charge is -2.17. The van der Waals surface area contributed by atoms with Gasteiger partial charge in [0.25, 0.3) is 0 Å². The lowest BCUT2D eigenvalue weighted by Crippen LogP contribution is -2.25. The molecule has 0 amide bonds. The highest BCUT2D eigenvalue weighted by Gasteiger charge is 2.11. The van der Waals surface area contributed by atoms with E-state index in [0.717, 1.165) is 25.0 Å². The summed E-state index contributed by atoms with van der Waals surface area (Å²) in [6.45, 7) is 0.0892. The van der Waals surface area contributed by atoms with Crippen LogP contribution in [-0.2, 0) is 0 Å². The molecule has 0 aliphatic carbocycles. The molecule has 4 heteroatoms. The Morgan fingerprint density at radius 1 is 1.80 bits per heavy atom. The third kappa shape index (κ3) is 1.97. The molecule has 10 heavy (non-hydrogen) atoms. The van der Waals surface area contributed by atoms with Crippen molar-refractivity contribution in [2.24, 2.45) is 4.99 Å². The SMILES string of the molecule is OCC1=NC(NS)CCC1. The third-order valence-corrected chi connectivity index (χ3v) is 1.91. The summed E-state index contributed by atoms with van der Waals surface area (Å²) < 4.78 is 2.76. The molecule has 2 N–H and O–H groups in total.